The van der Waals surface area contributed by atoms with Crippen LogP contribution in [0.2, 0.25) is 0 Å². The Morgan fingerprint density at radius 2 is 1.68 bits per heavy atom. The standard InChI is InChI=1S/C17H14O2/c1-11-8-12(2)17-14(18)10-15(19-16(17)9-11)13-6-4-3-5-7-13/h3-10H,1-2H3. The van der Waals surface area contributed by atoms with Crippen molar-refractivity contribution in [1.29, 1.82) is 0 Å². The second-order valence-corrected chi connectivity index (χ2v) is 4.80. The Labute approximate surface area is 111 Å². The highest BCUT2D eigenvalue weighted by Gasteiger charge is 2.09. The van der Waals surface area contributed by atoms with Crippen LogP contribution in [-0.4, -0.2) is 0 Å². The quantitative estimate of drug-likeness (QED) is 0.651. The van der Waals surface area contributed by atoms with Crippen molar-refractivity contribution in [2.75, 3.05) is 0 Å². The van der Waals surface area contributed by atoms with Crippen LogP contribution in [0.25, 0.3) is 22.3 Å². The zero-order valence-electron chi connectivity index (χ0n) is 10.9. The molecule has 0 atom stereocenters. The first-order valence-electron chi connectivity index (χ1n) is 6.26. The van der Waals surface area contributed by atoms with Crippen LogP contribution in [0.15, 0.2) is 57.7 Å². The van der Waals surface area contributed by atoms with Crippen molar-refractivity contribution in [2.45, 2.75) is 13.8 Å². The van der Waals surface area contributed by atoms with E-state index in [0.29, 0.717) is 16.7 Å². The Hall–Kier alpha value is -2.35. The maximum atomic E-state index is 12.2. The van der Waals surface area contributed by atoms with Gasteiger partial charge in [0.2, 0.25) is 0 Å². The van der Waals surface area contributed by atoms with E-state index in [2.05, 4.69) is 0 Å². The molecule has 0 saturated heterocycles. The summed E-state index contributed by atoms with van der Waals surface area (Å²) < 4.78 is 5.89. The molecule has 0 aliphatic carbocycles. The molecule has 0 fully saturated rings. The summed E-state index contributed by atoms with van der Waals surface area (Å²) in [5, 5.41) is 0.672. The number of rotatable bonds is 1. The predicted octanol–water partition coefficient (Wildman–Crippen LogP) is 4.08. The van der Waals surface area contributed by atoms with E-state index in [9.17, 15) is 4.79 Å². The highest BCUT2D eigenvalue weighted by molar-refractivity contribution is 5.82. The lowest BCUT2D eigenvalue weighted by molar-refractivity contribution is 0.618. The Morgan fingerprint density at radius 1 is 0.947 bits per heavy atom. The molecule has 0 unspecified atom stereocenters. The minimum Gasteiger partial charge on any atom is -0.456 e. The Kier molecular flexibility index (Phi) is 2.71. The van der Waals surface area contributed by atoms with Crippen LogP contribution in [0.3, 0.4) is 0 Å². The first-order chi connectivity index (χ1) is 9.15. The third kappa shape index (κ3) is 2.06. The van der Waals surface area contributed by atoms with Crippen molar-refractivity contribution in [2.24, 2.45) is 0 Å². The van der Waals surface area contributed by atoms with Gasteiger partial charge < -0.3 is 4.42 Å². The number of benzene rings is 2. The van der Waals surface area contributed by atoms with Crippen molar-refractivity contribution in [3.05, 3.63) is 69.9 Å². The van der Waals surface area contributed by atoms with E-state index in [-0.39, 0.29) is 5.43 Å². The Balaban J connectivity index is 2.34. The van der Waals surface area contributed by atoms with Gasteiger partial charge in [-0.1, -0.05) is 36.4 Å². The average Bonchev–Trinajstić information content (AvgIpc) is 2.38. The van der Waals surface area contributed by atoms with Gasteiger partial charge in [-0.05, 0) is 31.0 Å². The number of hydrogen-bond acceptors (Lipinski definition) is 2. The summed E-state index contributed by atoms with van der Waals surface area (Å²) in [7, 11) is 0. The van der Waals surface area contributed by atoms with Gasteiger partial charge >= 0.3 is 0 Å². The fourth-order valence-corrected chi connectivity index (χ4v) is 2.41. The Bertz CT molecular complexity index is 799. The molecule has 0 amide bonds. The van der Waals surface area contributed by atoms with Gasteiger partial charge in [-0.25, -0.2) is 0 Å². The third-order valence-electron chi connectivity index (χ3n) is 3.23. The summed E-state index contributed by atoms with van der Waals surface area (Å²) >= 11 is 0. The van der Waals surface area contributed by atoms with Gasteiger partial charge in [0, 0.05) is 11.6 Å². The molecule has 0 N–H and O–H groups in total. The maximum Gasteiger partial charge on any atom is 0.193 e. The predicted molar refractivity (Wildman–Crippen MR) is 77.4 cm³/mol. The fraction of sp³-hybridized carbons (Fsp3) is 0.118. The highest BCUT2D eigenvalue weighted by atomic mass is 16.3. The normalized spacial score (nSPS) is 10.8. The molecular weight excluding hydrogens is 236 g/mol. The molecule has 1 aromatic heterocycles. The molecule has 2 heteroatoms. The minimum absolute atomic E-state index is 0.0117. The van der Waals surface area contributed by atoms with E-state index in [1.165, 1.54) is 0 Å². The van der Waals surface area contributed by atoms with Crippen LogP contribution in [0.5, 0.6) is 0 Å². The topological polar surface area (TPSA) is 30.2 Å². The number of fused-ring (bicyclic) bond motifs is 1. The highest BCUT2D eigenvalue weighted by Crippen LogP contribution is 2.24. The third-order valence-corrected chi connectivity index (χ3v) is 3.23. The molecule has 0 saturated carbocycles. The van der Waals surface area contributed by atoms with Crippen molar-refractivity contribution >= 4 is 11.0 Å². The van der Waals surface area contributed by atoms with Gasteiger partial charge in [0.05, 0.1) is 5.39 Å². The monoisotopic (exact) mass is 250 g/mol. The minimum atomic E-state index is 0.0117. The van der Waals surface area contributed by atoms with E-state index in [1.807, 2.05) is 56.3 Å². The van der Waals surface area contributed by atoms with Crippen molar-refractivity contribution in [3.63, 3.8) is 0 Å². The number of hydrogen-bond donors (Lipinski definition) is 0. The van der Waals surface area contributed by atoms with Gasteiger partial charge in [0.25, 0.3) is 0 Å². The first-order valence-corrected chi connectivity index (χ1v) is 6.26. The lowest BCUT2D eigenvalue weighted by Gasteiger charge is -2.06. The Morgan fingerprint density at radius 3 is 2.42 bits per heavy atom. The summed E-state index contributed by atoms with van der Waals surface area (Å²) in [6.07, 6.45) is 0. The average molecular weight is 250 g/mol. The molecule has 0 aliphatic heterocycles. The molecule has 19 heavy (non-hydrogen) atoms. The molecule has 0 spiro atoms. The maximum absolute atomic E-state index is 12.2. The van der Waals surface area contributed by atoms with E-state index in [4.69, 9.17) is 4.42 Å². The van der Waals surface area contributed by atoms with Crippen molar-refractivity contribution < 1.29 is 4.42 Å². The lowest BCUT2D eigenvalue weighted by atomic mass is 10.1. The van der Waals surface area contributed by atoms with Gasteiger partial charge in [-0.15, -0.1) is 0 Å². The molecule has 0 bridgehead atoms. The second-order valence-electron chi connectivity index (χ2n) is 4.80. The number of aryl methyl sites for hydroxylation is 2. The van der Waals surface area contributed by atoms with Crippen LogP contribution in [0.4, 0.5) is 0 Å². The summed E-state index contributed by atoms with van der Waals surface area (Å²) in [6.45, 7) is 3.94. The van der Waals surface area contributed by atoms with Gasteiger partial charge in [-0.2, -0.15) is 0 Å². The van der Waals surface area contributed by atoms with Gasteiger partial charge in [-0.3, -0.25) is 4.79 Å². The molecule has 3 rings (SSSR count). The van der Waals surface area contributed by atoms with E-state index >= 15 is 0 Å². The molecule has 0 radical (unpaired) electrons. The fourth-order valence-electron chi connectivity index (χ4n) is 2.41. The zero-order valence-corrected chi connectivity index (χ0v) is 10.9. The van der Waals surface area contributed by atoms with Gasteiger partial charge in [0.15, 0.2) is 5.43 Å². The van der Waals surface area contributed by atoms with Crippen molar-refractivity contribution in [1.82, 2.24) is 0 Å². The smallest absolute Gasteiger partial charge is 0.193 e. The molecule has 2 aromatic carbocycles. The molecule has 0 aliphatic rings. The molecule has 1 heterocycles. The van der Waals surface area contributed by atoms with Crippen LogP contribution >= 0.6 is 0 Å². The van der Waals surface area contributed by atoms with Crippen LogP contribution in [0.1, 0.15) is 11.1 Å². The van der Waals surface area contributed by atoms with Gasteiger partial charge in [0.1, 0.15) is 11.3 Å². The molecule has 2 nitrogen and oxygen atoms in total. The SMILES string of the molecule is Cc1cc(C)c2c(=O)cc(-c3ccccc3)oc2c1. The molecule has 3 aromatic rings. The zero-order chi connectivity index (χ0) is 13.4. The molecular formula is C17H14O2. The molecule has 94 valence electrons. The van der Waals surface area contributed by atoms with Crippen LogP contribution < -0.4 is 5.43 Å². The lowest BCUT2D eigenvalue weighted by Crippen LogP contribution is -2.02. The summed E-state index contributed by atoms with van der Waals surface area (Å²) in [6, 6.07) is 15.2. The van der Waals surface area contributed by atoms with Crippen LogP contribution in [0, 0.1) is 13.8 Å². The first kappa shape index (κ1) is 11.7. The summed E-state index contributed by atoms with van der Waals surface area (Å²) in [4.78, 5) is 12.2. The summed E-state index contributed by atoms with van der Waals surface area (Å²) in [5.74, 6) is 0.614. The summed E-state index contributed by atoms with van der Waals surface area (Å²) in [5.41, 5.74) is 3.64. The van der Waals surface area contributed by atoms with E-state index in [1.54, 1.807) is 6.07 Å². The van der Waals surface area contributed by atoms with Crippen LogP contribution in [-0.2, 0) is 0 Å². The second kappa shape index (κ2) is 4.39. The van der Waals surface area contributed by atoms with E-state index < -0.39 is 0 Å². The van der Waals surface area contributed by atoms with E-state index in [0.717, 1.165) is 16.7 Å². The largest absolute Gasteiger partial charge is 0.456 e. The van der Waals surface area contributed by atoms with Crippen molar-refractivity contribution in [3.8, 4) is 11.3 Å².